The Balaban J connectivity index is 3.02. The number of halogens is 1. The van der Waals surface area contributed by atoms with Crippen molar-refractivity contribution in [3.8, 4) is 0 Å². The average molecular weight is 241 g/mol. The van der Waals surface area contributed by atoms with Gasteiger partial charge < -0.3 is 10.4 Å². The van der Waals surface area contributed by atoms with E-state index < -0.39 is 40.4 Å². The maximum atomic E-state index is 12.9. The van der Waals surface area contributed by atoms with E-state index in [9.17, 15) is 24.1 Å². The molecule has 0 radical (unpaired) electrons. The zero-order chi connectivity index (χ0) is 13.0. The molecule has 1 rings (SSSR count). The summed E-state index contributed by atoms with van der Waals surface area (Å²) < 4.78 is 12.9. The molecular weight excluding hydrogens is 234 g/mol. The summed E-state index contributed by atoms with van der Waals surface area (Å²) in [5.74, 6) is -3.15. The van der Waals surface area contributed by atoms with Gasteiger partial charge in [-0.15, -0.1) is 0 Å². The smallest absolute Gasteiger partial charge is 0.322 e. The minimum absolute atomic E-state index is 0.517. The summed E-state index contributed by atoms with van der Waals surface area (Å²) in [5, 5.41) is 20.8. The molecule has 0 fully saturated rings. The van der Waals surface area contributed by atoms with E-state index in [0.29, 0.717) is 6.07 Å². The van der Waals surface area contributed by atoms with E-state index in [-0.39, 0.29) is 0 Å². The number of hydrogen-bond donors (Lipinski definition) is 2. The van der Waals surface area contributed by atoms with Gasteiger partial charge in [0.15, 0.2) is 0 Å². The van der Waals surface area contributed by atoms with Gasteiger partial charge in [-0.1, -0.05) is 0 Å². The Morgan fingerprint density at radius 1 is 1.47 bits per heavy atom. The molecule has 1 amide bonds. The fraction of sp³-hybridized carbons (Fsp3) is 0.111. The van der Waals surface area contributed by atoms with Crippen LogP contribution >= 0.6 is 0 Å². The Kier molecular flexibility index (Phi) is 3.70. The number of carboxylic acids is 1. The van der Waals surface area contributed by atoms with Crippen LogP contribution in [0, 0.1) is 15.9 Å². The topological polar surface area (TPSA) is 110 Å². The lowest BCUT2D eigenvalue weighted by Gasteiger charge is -2.03. The quantitative estimate of drug-likeness (QED) is 0.590. The summed E-state index contributed by atoms with van der Waals surface area (Å²) in [6.45, 7) is -0.702. The van der Waals surface area contributed by atoms with E-state index in [1.165, 1.54) is 0 Å². The lowest BCUT2D eigenvalue weighted by atomic mass is 10.1. The van der Waals surface area contributed by atoms with Gasteiger partial charge in [-0.05, 0) is 12.1 Å². The molecule has 0 unspecified atom stereocenters. The summed E-state index contributed by atoms with van der Waals surface area (Å²) in [5.41, 5.74) is -1.11. The highest BCUT2D eigenvalue weighted by molar-refractivity contribution is 5.99. The van der Waals surface area contributed by atoms with Gasteiger partial charge in [0.2, 0.25) is 0 Å². The van der Waals surface area contributed by atoms with Crippen LogP contribution in [0.4, 0.5) is 10.1 Å². The first-order valence-electron chi connectivity index (χ1n) is 4.35. The molecule has 8 heteroatoms. The van der Waals surface area contributed by atoms with Crippen LogP contribution < -0.4 is 5.32 Å². The molecule has 0 saturated heterocycles. The van der Waals surface area contributed by atoms with Gasteiger partial charge in [-0.2, -0.15) is 0 Å². The molecular formula is C9H7FN2O5. The number of rotatable bonds is 4. The maximum Gasteiger partial charge on any atom is 0.322 e. The molecule has 0 spiro atoms. The van der Waals surface area contributed by atoms with Gasteiger partial charge in [0, 0.05) is 6.07 Å². The third-order valence-electron chi connectivity index (χ3n) is 1.80. The van der Waals surface area contributed by atoms with Gasteiger partial charge in [0.25, 0.3) is 11.6 Å². The van der Waals surface area contributed by atoms with Crippen LogP contribution in [0.3, 0.4) is 0 Å². The van der Waals surface area contributed by atoms with Gasteiger partial charge in [0.05, 0.1) is 4.92 Å². The molecule has 0 atom stereocenters. The van der Waals surface area contributed by atoms with Crippen molar-refractivity contribution in [2.75, 3.05) is 6.54 Å². The summed E-state index contributed by atoms with van der Waals surface area (Å²) >= 11 is 0. The van der Waals surface area contributed by atoms with E-state index in [1.54, 1.807) is 0 Å². The SMILES string of the molecule is O=C(O)CNC(=O)c1cc([18F])ccc1[N+](=O)[O-]. The zero-order valence-electron chi connectivity index (χ0n) is 8.34. The first-order valence-corrected chi connectivity index (χ1v) is 4.35. The summed E-state index contributed by atoms with van der Waals surface area (Å²) in [6, 6.07) is 2.35. The number of carboxylic acid groups (broad SMARTS) is 1. The molecule has 0 aliphatic carbocycles. The molecule has 1 aromatic rings. The Labute approximate surface area is 94.0 Å². The third-order valence-corrected chi connectivity index (χ3v) is 1.80. The monoisotopic (exact) mass is 241 g/mol. The predicted octanol–water partition coefficient (Wildman–Crippen LogP) is 0.548. The minimum Gasteiger partial charge on any atom is -0.480 e. The molecule has 7 nitrogen and oxygen atoms in total. The van der Waals surface area contributed by atoms with Crippen LogP contribution in [0.5, 0.6) is 0 Å². The highest BCUT2D eigenvalue weighted by Crippen LogP contribution is 2.19. The molecule has 2 N–H and O–H groups in total. The number of nitro groups is 1. The first-order chi connectivity index (χ1) is 7.91. The number of aliphatic carboxylic acids is 1. The molecule has 0 bridgehead atoms. The number of hydrogen-bond acceptors (Lipinski definition) is 4. The molecule has 17 heavy (non-hydrogen) atoms. The lowest BCUT2D eigenvalue weighted by molar-refractivity contribution is -0.385. The van der Waals surface area contributed by atoms with Crippen LogP contribution in [-0.4, -0.2) is 28.5 Å². The van der Waals surface area contributed by atoms with E-state index in [2.05, 4.69) is 0 Å². The van der Waals surface area contributed by atoms with Crippen molar-refractivity contribution in [3.63, 3.8) is 0 Å². The minimum atomic E-state index is -1.31. The van der Waals surface area contributed by atoms with Crippen molar-refractivity contribution >= 4 is 17.6 Å². The molecule has 0 saturated carbocycles. The van der Waals surface area contributed by atoms with E-state index >= 15 is 0 Å². The van der Waals surface area contributed by atoms with Crippen molar-refractivity contribution in [3.05, 3.63) is 39.7 Å². The van der Waals surface area contributed by atoms with Crippen LogP contribution in [0.1, 0.15) is 10.4 Å². The highest BCUT2D eigenvalue weighted by atomic mass is 18.2. The van der Waals surface area contributed by atoms with Crippen molar-refractivity contribution in [2.45, 2.75) is 0 Å². The molecule has 0 aromatic heterocycles. The molecule has 0 aliphatic rings. The number of carbonyl (C=O) groups is 2. The number of nitrogens with one attached hydrogen (secondary N) is 1. The second-order valence-electron chi connectivity index (χ2n) is 2.99. The lowest BCUT2D eigenvalue weighted by Crippen LogP contribution is -2.29. The second-order valence-corrected chi connectivity index (χ2v) is 2.99. The van der Waals surface area contributed by atoms with Gasteiger partial charge in [0.1, 0.15) is 17.9 Å². The fourth-order valence-corrected chi connectivity index (χ4v) is 1.10. The Hall–Kier alpha value is -2.51. The average Bonchev–Trinajstić information content (AvgIpc) is 2.25. The number of amides is 1. The van der Waals surface area contributed by atoms with Crippen molar-refractivity contribution in [1.29, 1.82) is 0 Å². The van der Waals surface area contributed by atoms with E-state index in [1.807, 2.05) is 5.32 Å². The standard InChI is InChI=1S/C9H7FN2O5/c10-5-1-2-7(12(16)17)6(3-5)9(15)11-4-8(13)14/h1-3H,4H2,(H,11,15)(H,13,14)/i10-1. The highest BCUT2D eigenvalue weighted by Gasteiger charge is 2.20. The molecule has 0 heterocycles. The van der Waals surface area contributed by atoms with Crippen LogP contribution in [0.25, 0.3) is 0 Å². The Bertz CT molecular complexity index is 488. The summed E-state index contributed by atoms with van der Waals surface area (Å²) in [6.07, 6.45) is 0. The number of nitro benzene ring substituents is 1. The van der Waals surface area contributed by atoms with Gasteiger partial charge in [-0.25, -0.2) is 4.39 Å². The number of nitrogens with zero attached hydrogens (tertiary/aromatic N) is 1. The molecule has 1 aromatic carbocycles. The summed E-state index contributed by atoms with van der Waals surface area (Å²) in [4.78, 5) is 31.3. The van der Waals surface area contributed by atoms with Crippen molar-refractivity contribution in [1.82, 2.24) is 5.32 Å². The zero-order valence-corrected chi connectivity index (χ0v) is 8.34. The van der Waals surface area contributed by atoms with E-state index in [0.717, 1.165) is 12.1 Å². The van der Waals surface area contributed by atoms with Crippen LogP contribution in [-0.2, 0) is 4.79 Å². The molecule has 0 aliphatic heterocycles. The largest absolute Gasteiger partial charge is 0.480 e. The Morgan fingerprint density at radius 3 is 2.65 bits per heavy atom. The Morgan fingerprint density at radius 2 is 2.12 bits per heavy atom. The normalized spacial score (nSPS) is 9.71. The van der Waals surface area contributed by atoms with Crippen LogP contribution in [0.2, 0.25) is 0 Å². The first kappa shape index (κ1) is 12.6. The van der Waals surface area contributed by atoms with Crippen molar-refractivity contribution < 1.29 is 24.0 Å². The maximum absolute atomic E-state index is 12.9. The predicted molar refractivity (Wildman–Crippen MR) is 53.0 cm³/mol. The van der Waals surface area contributed by atoms with Gasteiger partial charge >= 0.3 is 5.97 Å². The number of benzene rings is 1. The van der Waals surface area contributed by atoms with Crippen LogP contribution in [0.15, 0.2) is 18.2 Å². The second kappa shape index (κ2) is 5.01. The van der Waals surface area contributed by atoms with Crippen molar-refractivity contribution in [2.24, 2.45) is 0 Å². The fourth-order valence-electron chi connectivity index (χ4n) is 1.10. The number of carbonyl (C=O) groups excluding carboxylic acids is 1. The summed E-state index contributed by atoms with van der Waals surface area (Å²) in [7, 11) is 0. The van der Waals surface area contributed by atoms with Gasteiger partial charge in [-0.3, -0.25) is 19.7 Å². The third kappa shape index (κ3) is 3.23. The van der Waals surface area contributed by atoms with E-state index in [4.69, 9.17) is 5.11 Å². The molecule has 90 valence electrons.